The third-order valence-corrected chi connectivity index (χ3v) is 12.4. The second-order valence-corrected chi connectivity index (χ2v) is 15.6. The molecule has 262 valence electrons. The Morgan fingerprint density at radius 2 is 0.750 bits per heavy atom. The lowest BCUT2D eigenvalue weighted by Gasteiger charge is -2.25. The van der Waals surface area contributed by atoms with Crippen LogP contribution in [0.25, 0.3) is 97.1 Å². The van der Waals surface area contributed by atoms with Gasteiger partial charge >= 0.3 is 0 Å². The molecular weight excluding hydrogens is 703 g/mol. The van der Waals surface area contributed by atoms with Crippen molar-refractivity contribution >= 4 is 104 Å². The molecule has 3 heterocycles. The van der Waals surface area contributed by atoms with Crippen LogP contribution in [0.15, 0.2) is 197 Å². The number of furan rings is 2. The van der Waals surface area contributed by atoms with Gasteiger partial charge in [0.1, 0.15) is 22.3 Å². The van der Waals surface area contributed by atoms with Gasteiger partial charge < -0.3 is 13.7 Å². The zero-order chi connectivity index (χ0) is 36.7. The summed E-state index contributed by atoms with van der Waals surface area (Å²) >= 11 is 1.84. The minimum absolute atomic E-state index is 0.852. The second-order valence-electron chi connectivity index (χ2n) is 14.6. The van der Waals surface area contributed by atoms with Crippen LogP contribution in [0.1, 0.15) is 0 Å². The lowest BCUT2D eigenvalue weighted by atomic mass is 10.0. The second kappa shape index (κ2) is 12.2. The monoisotopic (exact) mass is 733 g/mol. The summed E-state index contributed by atoms with van der Waals surface area (Å²) in [5, 5.41) is 10.5. The maximum absolute atomic E-state index is 6.56. The smallest absolute Gasteiger partial charge is 0.137 e. The molecule has 3 aromatic heterocycles. The molecule has 0 unspecified atom stereocenters. The van der Waals surface area contributed by atoms with E-state index in [0.29, 0.717) is 0 Å². The summed E-state index contributed by atoms with van der Waals surface area (Å²) in [6.07, 6.45) is 0. The van der Waals surface area contributed by atoms with Crippen molar-refractivity contribution in [3.8, 4) is 21.6 Å². The molecule has 0 fully saturated rings. The van der Waals surface area contributed by atoms with E-state index >= 15 is 0 Å². The molecule has 0 aliphatic heterocycles. The molecule has 3 nitrogen and oxygen atoms in total. The third kappa shape index (κ3) is 5.04. The summed E-state index contributed by atoms with van der Waals surface area (Å²) in [5.41, 5.74) is 10.1. The van der Waals surface area contributed by atoms with Crippen molar-refractivity contribution in [1.29, 1.82) is 0 Å². The molecule has 0 aliphatic rings. The molecule has 0 amide bonds. The summed E-state index contributed by atoms with van der Waals surface area (Å²) in [7, 11) is 0. The number of rotatable bonds is 5. The Morgan fingerprint density at radius 3 is 1.29 bits per heavy atom. The van der Waals surface area contributed by atoms with Crippen molar-refractivity contribution in [1.82, 2.24) is 0 Å². The van der Waals surface area contributed by atoms with Crippen molar-refractivity contribution in [3.63, 3.8) is 0 Å². The molecule has 0 saturated heterocycles. The Morgan fingerprint density at radius 1 is 0.321 bits per heavy atom. The lowest BCUT2D eigenvalue weighted by Crippen LogP contribution is -2.09. The Labute approximate surface area is 325 Å². The highest BCUT2D eigenvalue weighted by Gasteiger charge is 2.19. The number of anilines is 3. The van der Waals surface area contributed by atoms with Gasteiger partial charge in [0.05, 0.1) is 0 Å². The van der Waals surface area contributed by atoms with Crippen LogP contribution in [0.4, 0.5) is 17.1 Å². The zero-order valence-corrected chi connectivity index (χ0v) is 30.9. The van der Waals surface area contributed by atoms with Gasteiger partial charge in [0, 0.05) is 60.3 Å². The van der Waals surface area contributed by atoms with Crippen molar-refractivity contribution in [2.45, 2.75) is 0 Å². The molecule has 0 N–H and O–H groups in total. The van der Waals surface area contributed by atoms with Crippen LogP contribution >= 0.6 is 11.3 Å². The van der Waals surface area contributed by atoms with Gasteiger partial charge in [-0.05, 0) is 116 Å². The van der Waals surface area contributed by atoms with Gasteiger partial charge in [-0.3, -0.25) is 0 Å². The summed E-state index contributed by atoms with van der Waals surface area (Å²) in [6, 6.07) is 67.4. The maximum atomic E-state index is 6.56. The van der Waals surface area contributed by atoms with Crippen LogP contribution in [-0.4, -0.2) is 0 Å². The molecule has 0 aliphatic carbocycles. The average molecular weight is 734 g/mol. The SMILES string of the molecule is c1ccc2cc3c(cc2c1)oc1cc(N(c2ccc(-c4ccc(-c5cc6ccccc6s5)cc4)cc2)c2ccc4c(c2)oc2cc5ccccc5cc24)ccc13. The molecule has 0 spiro atoms. The highest BCUT2D eigenvalue weighted by Crippen LogP contribution is 2.43. The Hall–Kier alpha value is -7.14. The fourth-order valence-corrected chi connectivity index (χ4v) is 9.45. The first-order valence-electron chi connectivity index (χ1n) is 18.9. The summed E-state index contributed by atoms with van der Waals surface area (Å²) in [5.74, 6) is 0. The molecule has 0 saturated carbocycles. The highest BCUT2D eigenvalue weighted by molar-refractivity contribution is 7.22. The van der Waals surface area contributed by atoms with E-state index in [1.54, 1.807) is 0 Å². The van der Waals surface area contributed by atoms with Gasteiger partial charge in [0.25, 0.3) is 0 Å². The number of nitrogens with zero attached hydrogens (tertiary/aromatic N) is 1. The highest BCUT2D eigenvalue weighted by atomic mass is 32.1. The van der Waals surface area contributed by atoms with E-state index < -0.39 is 0 Å². The summed E-state index contributed by atoms with van der Waals surface area (Å²) < 4.78 is 14.4. The number of hydrogen-bond donors (Lipinski definition) is 0. The Balaban J connectivity index is 0.964. The number of thiophene rings is 1. The minimum atomic E-state index is 0.852. The number of hydrogen-bond acceptors (Lipinski definition) is 4. The molecule has 0 bridgehead atoms. The zero-order valence-electron chi connectivity index (χ0n) is 30.1. The Kier molecular flexibility index (Phi) is 6.80. The lowest BCUT2D eigenvalue weighted by molar-refractivity contribution is 0.669. The van der Waals surface area contributed by atoms with Crippen LogP contribution in [0, 0.1) is 0 Å². The van der Waals surface area contributed by atoms with Crippen molar-refractivity contribution < 1.29 is 8.83 Å². The van der Waals surface area contributed by atoms with Gasteiger partial charge in [0.2, 0.25) is 0 Å². The van der Waals surface area contributed by atoms with Crippen molar-refractivity contribution in [2.24, 2.45) is 0 Å². The molecular formula is C52H31NO2S. The van der Waals surface area contributed by atoms with Gasteiger partial charge in [0.15, 0.2) is 0 Å². The molecule has 9 aromatic carbocycles. The van der Waals surface area contributed by atoms with Gasteiger partial charge in [-0.15, -0.1) is 11.3 Å². The largest absolute Gasteiger partial charge is 0.456 e. The van der Waals surface area contributed by atoms with Crippen molar-refractivity contribution in [3.05, 3.63) is 188 Å². The first kappa shape index (κ1) is 31.2. The fourth-order valence-electron chi connectivity index (χ4n) is 8.38. The van der Waals surface area contributed by atoms with E-state index in [2.05, 4.69) is 193 Å². The van der Waals surface area contributed by atoms with Gasteiger partial charge in [-0.2, -0.15) is 0 Å². The molecule has 56 heavy (non-hydrogen) atoms. The molecule has 0 atom stereocenters. The summed E-state index contributed by atoms with van der Waals surface area (Å²) in [6.45, 7) is 0. The molecule has 0 radical (unpaired) electrons. The predicted molar refractivity (Wildman–Crippen MR) is 237 cm³/mol. The van der Waals surface area contributed by atoms with E-state index in [1.165, 1.54) is 47.6 Å². The number of benzene rings is 9. The van der Waals surface area contributed by atoms with Gasteiger partial charge in [-0.1, -0.05) is 103 Å². The van der Waals surface area contributed by atoms with Crippen LogP contribution in [0.3, 0.4) is 0 Å². The van der Waals surface area contributed by atoms with Crippen LogP contribution in [-0.2, 0) is 0 Å². The standard InChI is InChI=1S/C52H31NO2S/c1-3-9-37-27-47-45(25-35(37)7-1)43-23-21-41(30-49(43)54-47)53(42-22-24-44-46-26-36-8-2-4-10-38(36)28-48(46)55-50(44)31-42)40-19-17-33(18-20-40)32-13-15-34(16-14-32)52-29-39-11-5-6-12-51(39)56-52/h1-31H. The third-order valence-electron chi connectivity index (χ3n) is 11.2. The topological polar surface area (TPSA) is 29.5 Å². The molecule has 4 heteroatoms. The predicted octanol–water partition coefficient (Wildman–Crippen LogP) is 15.8. The minimum Gasteiger partial charge on any atom is -0.456 e. The van der Waals surface area contributed by atoms with E-state index in [4.69, 9.17) is 8.83 Å². The number of fused-ring (bicyclic) bond motifs is 9. The fraction of sp³-hybridized carbons (Fsp3) is 0. The van der Waals surface area contributed by atoms with Crippen LogP contribution in [0.2, 0.25) is 0 Å². The maximum Gasteiger partial charge on any atom is 0.137 e. The molecule has 12 aromatic rings. The normalized spacial score (nSPS) is 11.9. The van der Waals surface area contributed by atoms with Crippen LogP contribution < -0.4 is 4.90 Å². The quantitative estimate of drug-likeness (QED) is 0.176. The van der Waals surface area contributed by atoms with E-state index in [0.717, 1.165) is 66.5 Å². The first-order chi connectivity index (χ1) is 27.7. The van der Waals surface area contributed by atoms with E-state index in [9.17, 15) is 0 Å². The molecule has 12 rings (SSSR count). The first-order valence-corrected chi connectivity index (χ1v) is 19.7. The van der Waals surface area contributed by atoms with Crippen molar-refractivity contribution in [2.75, 3.05) is 4.90 Å². The summed E-state index contributed by atoms with van der Waals surface area (Å²) in [4.78, 5) is 3.58. The average Bonchev–Trinajstić information content (AvgIpc) is 3.95. The van der Waals surface area contributed by atoms with Gasteiger partial charge in [-0.25, -0.2) is 0 Å². The van der Waals surface area contributed by atoms with E-state index in [-0.39, 0.29) is 0 Å². The van der Waals surface area contributed by atoms with Crippen LogP contribution in [0.5, 0.6) is 0 Å². The van der Waals surface area contributed by atoms with E-state index in [1.807, 2.05) is 11.3 Å². The Bertz CT molecular complexity index is 3290.